The van der Waals surface area contributed by atoms with Gasteiger partial charge in [-0.25, -0.2) is 9.97 Å². The second-order valence-corrected chi connectivity index (χ2v) is 6.75. The van der Waals surface area contributed by atoms with E-state index in [0.29, 0.717) is 12.0 Å². The molecule has 0 unspecified atom stereocenters. The zero-order valence-corrected chi connectivity index (χ0v) is 14.3. The summed E-state index contributed by atoms with van der Waals surface area (Å²) >= 11 is 0. The monoisotopic (exact) mass is 320 g/mol. The number of aromatic nitrogens is 2. The summed E-state index contributed by atoms with van der Waals surface area (Å²) in [4.78, 5) is 13.5. The smallest absolute Gasteiger partial charge is 0.134 e. The molecule has 6 heteroatoms. The van der Waals surface area contributed by atoms with Gasteiger partial charge in [-0.2, -0.15) is 0 Å². The number of hydrogen-bond donors (Lipinski definition) is 0. The van der Waals surface area contributed by atoms with Gasteiger partial charge in [0.25, 0.3) is 0 Å². The number of rotatable bonds is 5. The van der Waals surface area contributed by atoms with Gasteiger partial charge in [0.2, 0.25) is 0 Å². The van der Waals surface area contributed by atoms with Crippen LogP contribution in [0.5, 0.6) is 0 Å². The molecule has 0 aromatic carbocycles. The van der Waals surface area contributed by atoms with E-state index in [9.17, 15) is 0 Å². The van der Waals surface area contributed by atoms with Crippen LogP contribution in [0.3, 0.4) is 0 Å². The molecule has 2 fully saturated rings. The van der Waals surface area contributed by atoms with Crippen LogP contribution in [0, 0.1) is 5.92 Å². The first-order valence-electron chi connectivity index (χ1n) is 8.73. The molecule has 0 amide bonds. The van der Waals surface area contributed by atoms with Crippen molar-refractivity contribution < 1.29 is 9.47 Å². The van der Waals surface area contributed by atoms with E-state index in [2.05, 4.69) is 39.7 Å². The third-order valence-corrected chi connectivity index (χ3v) is 4.40. The second kappa shape index (κ2) is 7.93. The Labute approximate surface area is 138 Å². The summed E-state index contributed by atoms with van der Waals surface area (Å²) in [6.45, 7) is 10.6. The Morgan fingerprint density at radius 1 is 1.09 bits per heavy atom. The molecule has 3 heterocycles. The molecular formula is C17H28N4O2. The Morgan fingerprint density at radius 2 is 1.70 bits per heavy atom. The van der Waals surface area contributed by atoms with E-state index in [4.69, 9.17) is 9.47 Å². The first-order valence-corrected chi connectivity index (χ1v) is 8.73. The van der Waals surface area contributed by atoms with E-state index in [0.717, 1.165) is 70.5 Å². The highest BCUT2D eigenvalue weighted by atomic mass is 16.5. The maximum Gasteiger partial charge on any atom is 0.134 e. The Balaban J connectivity index is 1.55. The summed E-state index contributed by atoms with van der Waals surface area (Å²) in [5, 5.41) is 0. The van der Waals surface area contributed by atoms with Crippen LogP contribution < -0.4 is 9.80 Å². The van der Waals surface area contributed by atoms with Gasteiger partial charge in [0.1, 0.15) is 18.0 Å². The molecule has 1 aromatic rings. The van der Waals surface area contributed by atoms with Gasteiger partial charge in [0, 0.05) is 38.9 Å². The number of hydrogen-bond acceptors (Lipinski definition) is 6. The molecule has 0 bridgehead atoms. The minimum absolute atomic E-state index is 0.397. The molecule has 2 aliphatic heterocycles. The number of nitrogens with zero attached hydrogens (tertiary/aromatic N) is 4. The van der Waals surface area contributed by atoms with Crippen molar-refractivity contribution in [3.8, 4) is 0 Å². The molecule has 0 radical (unpaired) electrons. The Bertz CT molecular complexity index is 483. The highest BCUT2D eigenvalue weighted by molar-refractivity contribution is 5.50. The average molecular weight is 320 g/mol. The van der Waals surface area contributed by atoms with Gasteiger partial charge in [-0.15, -0.1) is 0 Å². The fraction of sp³-hybridized carbons (Fsp3) is 0.765. The van der Waals surface area contributed by atoms with Crippen molar-refractivity contribution in [3.63, 3.8) is 0 Å². The molecule has 2 aliphatic rings. The van der Waals surface area contributed by atoms with E-state index in [1.807, 2.05) is 0 Å². The minimum atomic E-state index is 0.397. The molecule has 0 atom stereocenters. The normalized spacial score (nSPS) is 20.3. The van der Waals surface area contributed by atoms with Crippen molar-refractivity contribution in [2.75, 3.05) is 55.8 Å². The molecule has 2 saturated heterocycles. The van der Waals surface area contributed by atoms with Crippen molar-refractivity contribution in [3.05, 3.63) is 12.4 Å². The zero-order chi connectivity index (χ0) is 16.1. The Kier molecular flexibility index (Phi) is 5.67. The van der Waals surface area contributed by atoms with Crippen molar-refractivity contribution in [2.24, 2.45) is 5.92 Å². The van der Waals surface area contributed by atoms with Crippen molar-refractivity contribution in [1.82, 2.24) is 9.97 Å². The van der Waals surface area contributed by atoms with Gasteiger partial charge in [-0.3, -0.25) is 0 Å². The molecule has 3 rings (SSSR count). The molecule has 6 nitrogen and oxygen atoms in total. The molecule has 0 spiro atoms. The lowest BCUT2D eigenvalue weighted by Gasteiger charge is -2.34. The predicted octanol–water partition coefficient (Wildman–Crippen LogP) is 1.95. The lowest BCUT2D eigenvalue weighted by molar-refractivity contribution is 0.0214. The highest BCUT2D eigenvalue weighted by Crippen LogP contribution is 2.23. The van der Waals surface area contributed by atoms with E-state index >= 15 is 0 Å². The summed E-state index contributed by atoms with van der Waals surface area (Å²) in [5.74, 6) is 2.64. The molecule has 0 N–H and O–H groups in total. The Hall–Kier alpha value is -1.40. The fourth-order valence-electron chi connectivity index (χ4n) is 3.06. The van der Waals surface area contributed by atoms with Crippen LogP contribution in [0.1, 0.15) is 26.7 Å². The summed E-state index contributed by atoms with van der Waals surface area (Å²) in [6, 6.07) is 2.11. The molecule has 0 aliphatic carbocycles. The first-order chi connectivity index (χ1) is 11.2. The maximum absolute atomic E-state index is 5.97. The first kappa shape index (κ1) is 16.5. The largest absolute Gasteiger partial charge is 0.378 e. The SMILES string of the molecule is CC(C)COC1CCN(c2cc(N3CCOCC3)ncn2)CC1. The average Bonchev–Trinajstić information content (AvgIpc) is 2.61. The van der Waals surface area contributed by atoms with Crippen LogP contribution in [0.2, 0.25) is 0 Å². The van der Waals surface area contributed by atoms with Gasteiger partial charge in [-0.1, -0.05) is 13.8 Å². The van der Waals surface area contributed by atoms with Crippen LogP contribution in [0.15, 0.2) is 12.4 Å². The van der Waals surface area contributed by atoms with Gasteiger partial charge in [0.05, 0.1) is 19.3 Å². The van der Waals surface area contributed by atoms with E-state index in [-0.39, 0.29) is 0 Å². The predicted molar refractivity (Wildman–Crippen MR) is 91.1 cm³/mol. The highest BCUT2D eigenvalue weighted by Gasteiger charge is 2.22. The molecule has 128 valence electrons. The van der Waals surface area contributed by atoms with E-state index < -0.39 is 0 Å². The molecular weight excluding hydrogens is 292 g/mol. The van der Waals surface area contributed by atoms with Crippen LogP contribution in [-0.2, 0) is 9.47 Å². The number of ether oxygens (including phenoxy) is 2. The minimum Gasteiger partial charge on any atom is -0.378 e. The lowest BCUT2D eigenvalue weighted by Crippen LogP contribution is -2.39. The van der Waals surface area contributed by atoms with Gasteiger partial charge >= 0.3 is 0 Å². The fourth-order valence-corrected chi connectivity index (χ4v) is 3.06. The molecule has 0 saturated carbocycles. The second-order valence-electron chi connectivity index (χ2n) is 6.75. The lowest BCUT2D eigenvalue weighted by atomic mass is 10.1. The summed E-state index contributed by atoms with van der Waals surface area (Å²) in [5.41, 5.74) is 0. The molecule has 1 aromatic heterocycles. The van der Waals surface area contributed by atoms with Gasteiger partial charge in [0.15, 0.2) is 0 Å². The van der Waals surface area contributed by atoms with Gasteiger partial charge in [-0.05, 0) is 18.8 Å². The van der Waals surface area contributed by atoms with Gasteiger partial charge < -0.3 is 19.3 Å². The number of anilines is 2. The van der Waals surface area contributed by atoms with E-state index in [1.54, 1.807) is 6.33 Å². The standard InChI is InChI=1S/C17H28N4O2/c1-14(2)12-23-15-3-5-20(6-4-15)16-11-17(19-13-18-16)21-7-9-22-10-8-21/h11,13-15H,3-10,12H2,1-2H3. The molecule has 23 heavy (non-hydrogen) atoms. The quantitative estimate of drug-likeness (QED) is 0.826. The number of piperidine rings is 1. The van der Waals surface area contributed by atoms with Crippen LogP contribution in [0.25, 0.3) is 0 Å². The van der Waals surface area contributed by atoms with Crippen LogP contribution in [0.4, 0.5) is 11.6 Å². The topological polar surface area (TPSA) is 50.7 Å². The van der Waals surface area contributed by atoms with Crippen molar-refractivity contribution in [1.29, 1.82) is 0 Å². The number of morpholine rings is 1. The van der Waals surface area contributed by atoms with Crippen LogP contribution in [-0.4, -0.2) is 62.1 Å². The Morgan fingerprint density at radius 3 is 2.30 bits per heavy atom. The third-order valence-electron chi connectivity index (χ3n) is 4.40. The van der Waals surface area contributed by atoms with Crippen LogP contribution >= 0.6 is 0 Å². The maximum atomic E-state index is 5.97. The summed E-state index contributed by atoms with van der Waals surface area (Å²) in [7, 11) is 0. The zero-order valence-electron chi connectivity index (χ0n) is 14.3. The third kappa shape index (κ3) is 4.54. The summed E-state index contributed by atoms with van der Waals surface area (Å²) < 4.78 is 11.4. The summed E-state index contributed by atoms with van der Waals surface area (Å²) in [6.07, 6.45) is 4.23. The van der Waals surface area contributed by atoms with Crippen molar-refractivity contribution in [2.45, 2.75) is 32.8 Å². The van der Waals surface area contributed by atoms with Crippen molar-refractivity contribution >= 4 is 11.6 Å². The van der Waals surface area contributed by atoms with E-state index in [1.165, 1.54) is 0 Å².